The summed E-state index contributed by atoms with van der Waals surface area (Å²) >= 11 is 0. The first kappa shape index (κ1) is 15.2. The summed E-state index contributed by atoms with van der Waals surface area (Å²) in [5, 5.41) is 0. The fourth-order valence-corrected chi connectivity index (χ4v) is 0.854. The third kappa shape index (κ3) is 24.5. The lowest BCUT2D eigenvalue weighted by atomic mass is 10.1. The van der Waals surface area contributed by atoms with E-state index in [0.717, 1.165) is 0 Å². The van der Waals surface area contributed by atoms with Gasteiger partial charge in [-0.05, 0) is 6.92 Å². The van der Waals surface area contributed by atoms with Gasteiger partial charge in [-0.15, -0.1) is 0 Å². The Labute approximate surface area is 83.9 Å². The van der Waals surface area contributed by atoms with Gasteiger partial charge in [0, 0.05) is 6.42 Å². The Kier molecular flexibility index (Phi) is 16.6. The van der Waals surface area contributed by atoms with E-state index in [-0.39, 0.29) is 5.78 Å². The van der Waals surface area contributed by atoms with E-state index in [1.807, 2.05) is 6.92 Å². The topological polar surface area (TPSA) is 17.1 Å². The summed E-state index contributed by atoms with van der Waals surface area (Å²) in [5.41, 5.74) is 0. The van der Waals surface area contributed by atoms with Gasteiger partial charge < -0.3 is 4.79 Å². The molecule has 0 aliphatic rings. The smallest absolute Gasteiger partial charge is 0.129 e. The van der Waals surface area contributed by atoms with Crippen LogP contribution in [0.2, 0.25) is 0 Å². The molecule has 0 saturated heterocycles. The summed E-state index contributed by atoms with van der Waals surface area (Å²) in [6.07, 6.45) is 9.15. The van der Waals surface area contributed by atoms with Crippen LogP contribution >= 0.6 is 0 Å². The molecule has 0 aromatic carbocycles. The second-order valence-electron chi connectivity index (χ2n) is 3.47. The van der Waals surface area contributed by atoms with E-state index in [2.05, 4.69) is 13.8 Å². The van der Waals surface area contributed by atoms with Crippen LogP contribution in [0.3, 0.4) is 0 Å². The fraction of sp³-hybridized carbons (Fsp3) is 0.917. The van der Waals surface area contributed by atoms with Gasteiger partial charge in [-0.3, -0.25) is 0 Å². The van der Waals surface area contributed by atoms with Crippen molar-refractivity contribution in [2.75, 3.05) is 0 Å². The molecule has 0 aliphatic carbocycles. The van der Waals surface area contributed by atoms with Crippen LogP contribution in [0.4, 0.5) is 0 Å². The van der Waals surface area contributed by atoms with E-state index in [9.17, 15) is 4.79 Å². The van der Waals surface area contributed by atoms with Crippen LogP contribution in [0.15, 0.2) is 0 Å². The first-order valence-electron chi connectivity index (χ1n) is 5.68. The van der Waals surface area contributed by atoms with Crippen molar-refractivity contribution >= 4 is 5.78 Å². The summed E-state index contributed by atoms with van der Waals surface area (Å²) in [6, 6.07) is 0. The molecule has 0 fully saturated rings. The molecule has 0 atom stereocenters. The number of Topliss-reactive ketones (excluding diaryl/α,β-unsaturated/α-hetero) is 1. The molecule has 0 amide bonds. The lowest BCUT2D eigenvalue weighted by Gasteiger charge is -1.93. The van der Waals surface area contributed by atoms with Gasteiger partial charge in [0.1, 0.15) is 5.78 Å². The minimum absolute atomic E-state index is 0.255. The average molecular weight is 186 g/mol. The molecular weight excluding hydrogens is 160 g/mol. The fourth-order valence-electron chi connectivity index (χ4n) is 0.854. The Morgan fingerprint density at radius 1 is 0.846 bits per heavy atom. The van der Waals surface area contributed by atoms with E-state index in [4.69, 9.17) is 0 Å². The Balaban J connectivity index is 0. The molecular formula is C12H26O. The first-order valence-corrected chi connectivity index (χ1v) is 5.68. The Hall–Kier alpha value is -0.330. The zero-order valence-electron chi connectivity index (χ0n) is 9.86. The second-order valence-corrected chi connectivity index (χ2v) is 3.47. The number of carbonyl (C=O) groups excluding carboxylic acids is 1. The SMILES string of the molecule is CCC(C)=O.CCCCCCCC. The number of rotatable bonds is 6. The lowest BCUT2D eigenvalue weighted by Crippen LogP contribution is -1.80. The molecule has 0 aromatic rings. The van der Waals surface area contributed by atoms with Gasteiger partial charge in [-0.25, -0.2) is 0 Å². The molecule has 0 radical (unpaired) electrons. The Morgan fingerprint density at radius 2 is 1.15 bits per heavy atom. The normalized spacial score (nSPS) is 8.92. The Bertz CT molecular complexity index is 91.3. The quantitative estimate of drug-likeness (QED) is 0.563. The molecule has 0 aromatic heterocycles. The highest BCUT2D eigenvalue weighted by atomic mass is 16.1. The zero-order chi connectivity index (χ0) is 10.5. The molecule has 1 heteroatoms. The van der Waals surface area contributed by atoms with Gasteiger partial charge in [-0.1, -0.05) is 59.3 Å². The third-order valence-corrected chi connectivity index (χ3v) is 1.95. The lowest BCUT2D eigenvalue weighted by molar-refractivity contribution is -0.116. The van der Waals surface area contributed by atoms with Gasteiger partial charge >= 0.3 is 0 Å². The molecule has 1 nitrogen and oxygen atoms in total. The largest absolute Gasteiger partial charge is 0.300 e. The molecule has 0 unspecified atom stereocenters. The van der Waals surface area contributed by atoms with Crippen molar-refractivity contribution in [1.29, 1.82) is 0 Å². The van der Waals surface area contributed by atoms with Crippen LogP contribution in [0.5, 0.6) is 0 Å². The highest BCUT2D eigenvalue weighted by Crippen LogP contribution is 2.03. The maximum Gasteiger partial charge on any atom is 0.129 e. The summed E-state index contributed by atoms with van der Waals surface area (Å²) in [5.74, 6) is 0.255. The van der Waals surface area contributed by atoms with E-state index < -0.39 is 0 Å². The van der Waals surface area contributed by atoms with Crippen molar-refractivity contribution in [2.24, 2.45) is 0 Å². The monoisotopic (exact) mass is 186 g/mol. The molecule has 0 saturated carbocycles. The minimum Gasteiger partial charge on any atom is -0.300 e. The molecule has 80 valence electrons. The van der Waals surface area contributed by atoms with Gasteiger partial charge in [0.25, 0.3) is 0 Å². The molecule has 0 spiro atoms. The van der Waals surface area contributed by atoms with Crippen LogP contribution in [0, 0.1) is 0 Å². The van der Waals surface area contributed by atoms with Crippen molar-refractivity contribution in [1.82, 2.24) is 0 Å². The van der Waals surface area contributed by atoms with Crippen molar-refractivity contribution in [3.63, 3.8) is 0 Å². The standard InChI is InChI=1S/C8H18.C4H8O/c1-3-5-7-8-6-4-2;1-3-4(2)5/h3-8H2,1-2H3;3H2,1-2H3. The number of unbranched alkanes of at least 4 members (excludes halogenated alkanes) is 5. The van der Waals surface area contributed by atoms with Crippen LogP contribution in [0.1, 0.15) is 72.6 Å². The summed E-state index contributed by atoms with van der Waals surface area (Å²) in [7, 11) is 0. The highest BCUT2D eigenvalue weighted by Gasteiger charge is 1.83. The van der Waals surface area contributed by atoms with Crippen LogP contribution in [0.25, 0.3) is 0 Å². The molecule has 0 N–H and O–H groups in total. The summed E-state index contributed by atoms with van der Waals surface area (Å²) in [4.78, 5) is 9.81. The number of hydrogen-bond donors (Lipinski definition) is 0. The van der Waals surface area contributed by atoms with Crippen molar-refractivity contribution in [3.8, 4) is 0 Å². The second kappa shape index (κ2) is 14.2. The molecule has 0 aliphatic heterocycles. The average Bonchev–Trinajstić information content (AvgIpc) is 2.14. The molecule has 0 bridgehead atoms. The maximum absolute atomic E-state index is 9.81. The Morgan fingerprint density at radius 3 is 1.31 bits per heavy atom. The number of hydrogen-bond acceptors (Lipinski definition) is 1. The van der Waals surface area contributed by atoms with Gasteiger partial charge in [0.15, 0.2) is 0 Å². The maximum atomic E-state index is 9.81. The van der Waals surface area contributed by atoms with Gasteiger partial charge in [-0.2, -0.15) is 0 Å². The first-order chi connectivity index (χ1) is 6.18. The van der Waals surface area contributed by atoms with Crippen molar-refractivity contribution < 1.29 is 4.79 Å². The molecule has 0 heterocycles. The van der Waals surface area contributed by atoms with Crippen molar-refractivity contribution in [2.45, 2.75) is 72.6 Å². The third-order valence-electron chi connectivity index (χ3n) is 1.95. The minimum atomic E-state index is 0.255. The van der Waals surface area contributed by atoms with E-state index in [1.165, 1.54) is 38.5 Å². The van der Waals surface area contributed by atoms with E-state index >= 15 is 0 Å². The predicted molar refractivity (Wildman–Crippen MR) is 60.0 cm³/mol. The number of ketones is 1. The van der Waals surface area contributed by atoms with Gasteiger partial charge in [0.2, 0.25) is 0 Å². The van der Waals surface area contributed by atoms with Crippen molar-refractivity contribution in [3.05, 3.63) is 0 Å². The van der Waals surface area contributed by atoms with E-state index in [0.29, 0.717) is 6.42 Å². The van der Waals surface area contributed by atoms with Crippen LogP contribution < -0.4 is 0 Å². The zero-order valence-corrected chi connectivity index (χ0v) is 9.86. The molecule has 0 rings (SSSR count). The van der Waals surface area contributed by atoms with E-state index in [1.54, 1.807) is 6.92 Å². The van der Waals surface area contributed by atoms with Crippen LogP contribution in [-0.2, 0) is 4.79 Å². The summed E-state index contributed by atoms with van der Waals surface area (Å²) < 4.78 is 0. The van der Waals surface area contributed by atoms with Crippen LogP contribution in [-0.4, -0.2) is 5.78 Å². The highest BCUT2D eigenvalue weighted by molar-refractivity contribution is 5.74. The molecule has 13 heavy (non-hydrogen) atoms. The number of carbonyl (C=O) groups is 1. The predicted octanol–water partition coefficient (Wildman–Crippen LogP) is 4.35. The van der Waals surface area contributed by atoms with Gasteiger partial charge in [0.05, 0.1) is 0 Å². The summed E-state index contributed by atoms with van der Waals surface area (Å²) in [6.45, 7) is 7.94.